The van der Waals surface area contributed by atoms with Gasteiger partial charge in [-0.3, -0.25) is 0 Å². The summed E-state index contributed by atoms with van der Waals surface area (Å²) in [6, 6.07) is 0. The van der Waals surface area contributed by atoms with E-state index in [-0.39, 0.29) is 0 Å². The summed E-state index contributed by atoms with van der Waals surface area (Å²) in [7, 11) is 0. The minimum Gasteiger partial charge on any atom is -0.0894 e. The van der Waals surface area contributed by atoms with Crippen molar-refractivity contribution in [1.82, 2.24) is 0 Å². The van der Waals surface area contributed by atoms with Crippen molar-refractivity contribution in [3.63, 3.8) is 0 Å². The lowest BCUT2D eigenvalue weighted by molar-refractivity contribution is 0.515. The van der Waals surface area contributed by atoms with Gasteiger partial charge in [0.25, 0.3) is 0 Å². The zero-order valence-electron chi connectivity index (χ0n) is 29.1. The van der Waals surface area contributed by atoms with E-state index in [0.717, 1.165) is 4.83 Å². The molecular formula is C40H78Br2. The topological polar surface area (TPSA) is 0 Å². The van der Waals surface area contributed by atoms with Crippen LogP contribution in [0.4, 0.5) is 0 Å². The third kappa shape index (κ3) is 38.7. The second-order valence-electron chi connectivity index (χ2n) is 13.7. The van der Waals surface area contributed by atoms with Crippen LogP contribution in [0.5, 0.6) is 0 Å². The zero-order chi connectivity index (χ0) is 30.6. The largest absolute Gasteiger partial charge is 0.0894 e. The minimum absolute atomic E-state index is 0.697. The summed E-state index contributed by atoms with van der Waals surface area (Å²) in [6.07, 6.45) is 53.8. The fourth-order valence-electron chi connectivity index (χ4n) is 6.18. The van der Waals surface area contributed by atoms with Gasteiger partial charge < -0.3 is 0 Å². The maximum Gasteiger partial charge on any atom is 0.0143 e. The molecule has 0 bridgehead atoms. The molecule has 0 aromatic rings. The summed E-state index contributed by atoms with van der Waals surface area (Å²) in [5.41, 5.74) is 0. The highest BCUT2D eigenvalue weighted by Gasteiger charge is 2.00. The Morgan fingerprint density at radius 2 is 0.595 bits per heavy atom. The number of rotatable bonds is 36. The molecule has 0 nitrogen and oxygen atoms in total. The maximum atomic E-state index is 3.75. The van der Waals surface area contributed by atoms with Crippen molar-refractivity contribution in [2.24, 2.45) is 0 Å². The van der Waals surface area contributed by atoms with Crippen LogP contribution in [0.25, 0.3) is 0 Å². The van der Waals surface area contributed by atoms with Gasteiger partial charge in [0.1, 0.15) is 0 Å². The summed E-state index contributed by atoms with van der Waals surface area (Å²) in [5.74, 6) is 0. The van der Waals surface area contributed by atoms with E-state index in [4.69, 9.17) is 0 Å². The first-order chi connectivity index (χ1) is 20.7. The van der Waals surface area contributed by atoms with Crippen molar-refractivity contribution in [2.75, 3.05) is 0 Å². The van der Waals surface area contributed by atoms with Crippen molar-refractivity contribution in [3.05, 3.63) is 12.2 Å². The van der Waals surface area contributed by atoms with Crippen LogP contribution < -0.4 is 0 Å². The average molecular weight is 719 g/mol. The zero-order valence-corrected chi connectivity index (χ0v) is 32.3. The van der Waals surface area contributed by atoms with Crippen LogP contribution in [-0.4, -0.2) is 9.65 Å². The van der Waals surface area contributed by atoms with Crippen LogP contribution in [0.15, 0.2) is 12.2 Å². The second-order valence-corrected chi connectivity index (χ2v) is 16.5. The van der Waals surface area contributed by atoms with Crippen LogP contribution >= 0.6 is 31.9 Å². The molecule has 0 aliphatic carbocycles. The molecule has 2 unspecified atom stereocenters. The molecule has 0 aliphatic rings. The number of hydrogen-bond donors (Lipinski definition) is 0. The lowest BCUT2D eigenvalue weighted by Gasteiger charge is -2.06. The van der Waals surface area contributed by atoms with Gasteiger partial charge in [0.15, 0.2) is 0 Å². The predicted molar refractivity (Wildman–Crippen MR) is 203 cm³/mol. The van der Waals surface area contributed by atoms with Gasteiger partial charge in [0, 0.05) is 9.65 Å². The highest BCUT2D eigenvalue weighted by atomic mass is 79.9. The molecule has 0 saturated carbocycles. The summed E-state index contributed by atoms with van der Waals surface area (Å²) in [6.45, 7) is 4.54. The third-order valence-corrected chi connectivity index (χ3v) is 10.8. The average Bonchev–Trinajstić information content (AvgIpc) is 2.98. The van der Waals surface area contributed by atoms with Gasteiger partial charge in [-0.1, -0.05) is 231 Å². The number of unbranched alkanes of at least 4 members (excludes halogenated alkanes) is 29. The summed E-state index contributed by atoms with van der Waals surface area (Å²) >= 11 is 7.39. The van der Waals surface area contributed by atoms with Gasteiger partial charge in [-0.2, -0.15) is 0 Å². The van der Waals surface area contributed by atoms with Gasteiger partial charge in [-0.05, 0) is 44.9 Å². The molecule has 0 rings (SSSR count). The molecule has 252 valence electrons. The van der Waals surface area contributed by atoms with E-state index >= 15 is 0 Å². The fourth-order valence-corrected chi connectivity index (χ4v) is 6.82. The van der Waals surface area contributed by atoms with Crippen molar-refractivity contribution in [3.8, 4) is 0 Å². The summed E-state index contributed by atoms with van der Waals surface area (Å²) in [4.78, 5) is 1.45. The first kappa shape index (κ1) is 42.7. The van der Waals surface area contributed by atoms with E-state index < -0.39 is 0 Å². The number of allylic oxidation sites excluding steroid dienone is 2. The van der Waals surface area contributed by atoms with E-state index in [0.29, 0.717) is 4.83 Å². The molecule has 0 spiro atoms. The highest BCUT2D eigenvalue weighted by Crippen LogP contribution is 2.18. The standard InChI is InChI=1S/C40H78Br2/c1-3-40(42)38-36-34-32-30-28-26-24-22-20-18-16-14-12-10-8-6-4-5-7-9-11-13-15-17-19-21-23-25-27-29-31-33-35-37-39(2)41/h21,23,39-40H,3-20,22,24-38H2,1-2H3. The van der Waals surface area contributed by atoms with Crippen LogP contribution in [-0.2, 0) is 0 Å². The summed E-state index contributed by atoms with van der Waals surface area (Å²) < 4.78 is 0. The molecule has 0 heterocycles. The first-order valence-corrected chi connectivity index (χ1v) is 21.4. The lowest BCUT2D eigenvalue weighted by Crippen LogP contribution is -1.94. The van der Waals surface area contributed by atoms with E-state index in [1.165, 1.54) is 218 Å². The van der Waals surface area contributed by atoms with Crippen molar-refractivity contribution in [2.45, 2.75) is 242 Å². The predicted octanol–water partition coefficient (Wildman–Crippen LogP) is 16.4. The SMILES string of the molecule is CCC(Br)CCCCCCCCCCCCCCCCCCCCCCCCCCC=CCCCCCCCC(C)Br. The van der Waals surface area contributed by atoms with E-state index in [2.05, 4.69) is 57.9 Å². The first-order valence-electron chi connectivity index (χ1n) is 19.6. The Bertz CT molecular complexity index is 500. The molecular weight excluding hydrogens is 640 g/mol. The molecule has 0 fully saturated rings. The normalized spacial score (nSPS) is 13.3. The fraction of sp³-hybridized carbons (Fsp3) is 0.950. The molecule has 0 radical (unpaired) electrons. The quantitative estimate of drug-likeness (QED) is 0.0344. The second kappa shape index (κ2) is 37.9. The lowest BCUT2D eigenvalue weighted by atomic mass is 10.0. The van der Waals surface area contributed by atoms with Gasteiger partial charge >= 0.3 is 0 Å². The Morgan fingerprint density at radius 3 is 0.857 bits per heavy atom. The van der Waals surface area contributed by atoms with E-state index in [9.17, 15) is 0 Å². The Balaban J connectivity index is 3.09. The highest BCUT2D eigenvalue weighted by molar-refractivity contribution is 9.09. The molecule has 0 saturated heterocycles. The molecule has 0 N–H and O–H groups in total. The summed E-state index contributed by atoms with van der Waals surface area (Å²) in [5, 5.41) is 0. The van der Waals surface area contributed by atoms with Gasteiger partial charge in [-0.25, -0.2) is 0 Å². The van der Waals surface area contributed by atoms with Crippen molar-refractivity contribution < 1.29 is 0 Å². The third-order valence-electron chi connectivity index (χ3n) is 9.22. The Hall–Kier alpha value is 0.700. The van der Waals surface area contributed by atoms with Crippen LogP contribution in [0.1, 0.15) is 232 Å². The van der Waals surface area contributed by atoms with E-state index in [1.807, 2.05) is 0 Å². The molecule has 2 heteroatoms. The van der Waals surface area contributed by atoms with Crippen molar-refractivity contribution in [1.29, 1.82) is 0 Å². The molecule has 0 aliphatic heterocycles. The molecule has 2 atom stereocenters. The Morgan fingerprint density at radius 1 is 0.357 bits per heavy atom. The van der Waals surface area contributed by atoms with Crippen LogP contribution in [0, 0.1) is 0 Å². The Kier molecular flexibility index (Phi) is 38.5. The van der Waals surface area contributed by atoms with Gasteiger partial charge in [-0.15, -0.1) is 0 Å². The maximum absolute atomic E-state index is 3.75. The van der Waals surface area contributed by atoms with Crippen LogP contribution in [0.2, 0.25) is 0 Å². The van der Waals surface area contributed by atoms with E-state index in [1.54, 1.807) is 0 Å². The Labute approximate surface area is 284 Å². The number of hydrogen-bond acceptors (Lipinski definition) is 0. The molecule has 0 aromatic heterocycles. The number of halogens is 2. The monoisotopic (exact) mass is 716 g/mol. The van der Waals surface area contributed by atoms with Crippen LogP contribution in [0.3, 0.4) is 0 Å². The minimum atomic E-state index is 0.697. The molecule has 42 heavy (non-hydrogen) atoms. The smallest absolute Gasteiger partial charge is 0.0143 e. The molecule has 0 amide bonds. The molecule has 0 aromatic carbocycles. The van der Waals surface area contributed by atoms with Gasteiger partial charge in [0.05, 0.1) is 0 Å². The van der Waals surface area contributed by atoms with Gasteiger partial charge in [0.2, 0.25) is 0 Å². The number of alkyl halides is 2. The van der Waals surface area contributed by atoms with Crippen molar-refractivity contribution >= 4 is 31.9 Å².